The summed E-state index contributed by atoms with van der Waals surface area (Å²) in [7, 11) is 0. The molecular weight excluding hydrogens is 556 g/mol. The standard InChI is InChI=1S/C24H20Br2N2O3S/c1-12-2-8-16-19(10-12)32-23-20(16)22(29)27-21(28-23)17-11-15(26)7-9-18(17)31-24(30)13-3-5-14(25)6-4-13/h3-7,9,11-12,21,28H,2,8,10H2,1H3,(H,27,29)/t12-,21-/m0/s1. The van der Waals surface area contributed by atoms with E-state index in [0.717, 1.165) is 38.8 Å². The summed E-state index contributed by atoms with van der Waals surface area (Å²) < 4.78 is 7.45. The molecule has 0 unspecified atom stereocenters. The average molecular weight is 576 g/mol. The number of rotatable bonds is 3. The Labute approximate surface area is 206 Å². The lowest BCUT2D eigenvalue weighted by atomic mass is 9.88. The third-order valence-electron chi connectivity index (χ3n) is 5.86. The highest BCUT2D eigenvalue weighted by molar-refractivity contribution is 9.10. The number of hydrogen-bond donors (Lipinski definition) is 2. The summed E-state index contributed by atoms with van der Waals surface area (Å²) in [6, 6.07) is 12.4. The highest BCUT2D eigenvalue weighted by Crippen LogP contribution is 2.43. The van der Waals surface area contributed by atoms with Gasteiger partial charge >= 0.3 is 5.97 Å². The number of amides is 1. The molecule has 0 saturated heterocycles. The van der Waals surface area contributed by atoms with Gasteiger partial charge in [-0.3, -0.25) is 4.79 Å². The summed E-state index contributed by atoms with van der Waals surface area (Å²) in [6.45, 7) is 2.26. The van der Waals surface area contributed by atoms with Crippen LogP contribution in [0, 0.1) is 5.92 Å². The van der Waals surface area contributed by atoms with Gasteiger partial charge in [-0.2, -0.15) is 0 Å². The van der Waals surface area contributed by atoms with E-state index >= 15 is 0 Å². The van der Waals surface area contributed by atoms with Crippen LogP contribution in [0.25, 0.3) is 0 Å². The summed E-state index contributed by atoms with van der Waals surface area (Å²) in [4.78, 5) is 27.1. The van der Waals surface area contributed by atoms with Crippen LogP contribution in [-0.4, -0.2) is 11.9 Å². The number of ether oxygens (including phenoxy) is 1. The molecule has 2 N–H and O–H groups in total. The number of anilines is 1. The molecule has 2 heterocycles. The number of benzene rings is 2. The van der Waals surface area contributed by atoms with Gasteiger partial charge in [-0.15, -0.1) is 11.3 Å². The van der Waals surface area contributed by atoms with Gasteiger partial charge in [0.1, 0.15) is 16.9 Å². The molecule has 0 bridgehead atoms. The summed E-state index contributed by atoms with van der Waals surface area (Å²) in [5.41, 5.74) is 3.09. The predicted molar refractivity (Wildman–Crippen MR) is 133 cm³/mol. The molecule has 8 heteroatoms. The summed E-state index contributed by atoms with van der Waals surface area (Å²) >= 11 is 8.54. The van der Waals surface area contributed by atoms with Crippen molar-refractivity contribution in [1.29, 1.82) is 0 Å². The second-order valence-corrected chi connectivity index (χ2v) is 11.1. The highest BCUT2D eigenvalue weighted by Gasteiger charge is 2.34. The van der Waals surface area contributed by atoms with Crippen molar-refractivity contribution >= 4 is 60.1 Å². The van der Waals surface area contributed by atoms with Gasteiger partial charge in [0.2, 0.25) is 0 Å². The van der Waals surface area contributed by atoms with Crippen LogP contribution < -0.4 is 15.4 Å². The van der Waals surface area contributed by atoms with Crippen LogP contribution >= 0.6 is 43.2 Å². The van der Waals surface area contributed by atoms with Gasteiger partial charge in [-0.05, 0) is 73.2 Å². The second kappa shape index (κ2) is 8.65. The first-order chi connectivity index (χ1) is 15.4. The van der Waals surface area contributed by atoms with Crippen molar-refractivity contribution in [3.8, 4) is 5.75 Å². The molecular formula is C24H20Br2N2O3S. The second-order valence-electron chi connectivity index (χ2n) is 8.19. The zero-order valence-corrected chi connectivity index (χ0v) is 21.2. The average Bonchev–Trinajstić information content (AvgIpc) is 3.13. The van der Waals surface area contributed by atoms with E-state index in [0.29, 0.717) is 22.8 Å². The van der Waals surface area contributed by atoms with E-state index in [1.807, 2.05) is 12.1 Å². The maximum Gasteiger partial charge on any atom is 0.343 e. The van der Waals surface area contributed by atoms with Crippen molar-refractivity contribution in [1.82, 2.24) is 5.32 Å². The van der Waals surface area contributed by atoms with Gasteiger partial charge in [0.25, 0.3) is 5.91 Å². The molecule has 164 valence electrons. The van der Waals surface area contributed by atoms with Gasteiger partial charge in [0.05, 0.1) is 11.1 Å². The van der Waals surface area contributed by atoms with E-state index in [4.69, 9.17) is 4.74 Å². The fraction of sp³-hybridized carbons (Fsp3) is 0.250. The Morgan fingerprint density at radius 2 is 1.84 bits per heavy atom. The molecule has 1 aromatic heterocycles. The van der Waals surface area contributed by atoms with Crippen LogP contribution in [-0.2, 0) is 12.8 Å². The van der Waals surface area contributed by atoms with E-state index in [1.54, 1.807) is 41.7 Å². The molecule has 1 aliphatic heterocycles. The van der Waals surface area contributed by atoms with Crippen molar-refractivity contribution in [3.63, 3.8) is 0 Å². The molecule has 2 aromatic carbocycles. The van der Waals surface area contributed by atoms with Gasteiger partial charge in [-0.1, -0.05) is 38.8 Å². The smallest absolute Gasteiger partial charge is 0.343 e. The van der Waals surface area contributed by atoms with E-state index < -0.39 is 12.1 Å². The van der Waals surface area contributed by atoms with Crippen LogP contribution in [0.1, 0.15) is 56.2 Å². The molecule has 5 rings (SSSR count). The minimum Gasteiger partial charge on any atom is -0.422 e. The molecule has 0 saturated carbocycles. The Hall–Kier alpha value is -2.16. The van der Waals surface area contributed by atoms with Crippen LogP contribution in [0.4, 0.5) is 5.00 Å². The molecule has 2 aliphatic rings. The largest absolute Gasteiger partial charge is 0.422 e. The van der Waals surface area contributed by atoms with Crippen molar-refractivity contribution < 1.29 is 14.3 Å². The molecule has 2 atom stereocenters. The van der Waals surface area contributed by atoms with Crippen molar-refractivity contribution in [2.75, 3.05) is 5.32 Å². The number of hydrogen-bond acceptors (Lipinski definition) is 5. The quantitative estimate of drug-likeness (QED) is 0.277. The predicted octanol–water partition coefficient (Wildman–Crippen LogP) is 6.47. The molecule has 0 spiro atoms. The number of fused-ring (bicyclic) bond motifs is 3. The Kier molecular flexibility index (Phi) is 5.86. The van der Waals surface area contributed by atoms with Crippen LogP contribution in [0.5, 0.6) is 5.75 Å². The van der Waals surface area contributed by atoms with E-state index in [2.05, 4.69) is 49.4 Å². The minimum absolute atomic E-state index is 0.0824. The first-order valence-electron chi connectivity index (χ1n) is 10.4. The van der Waals surface area contributed by atoms with E-state index in [-0.39, 0.29) is 5.91 Å². The maximum absolute atomic E-state index is 13.1. The lowest BCUT2D eigenvalue weighted by Crippen LogP contribution is -2.38. The van der Waals surface area contributed by atoms with Crippen LogP contribution in [0.2, 0.25) is 0 Å². The highest BCUT2D eigenvalue weighted by atomic mass is 79.9. The van der Waals surface area contributed by atoms with Gasteiger partial charge < -0.3 is 15.4 Å². The molecule has 0 radical (unpaired) electrons. The van der Waals surface area contributed by atoms with Crippen LogP contribution in [0.3, 0.4) is 0 Å². The lowest BCUT2D eigenvalue weighted by molar-refractivity contribution is 0.0732. The Morgan fingerprint density at radius 3 is 2.62 bits per heavy atom. The zero-order chi connectivity index (χ0) is 22.4. The first kappa shape index (κ1) is 21.7. The molecule has 32 heavy (non-hydrogen) atoms. The van der Waals surface area contributed by atoms with Gasteiger partial charge in [0.15, 0.2) is 0 Å². The number of esters is 1. The summed E-state index contributed by atoms with van der Waals surface area (Å²) in [5, 5.41) is 7.43. The fourth-order valence-corrected chi connectivity index (χ4v) is 6.28. The molecule has 1 aliphatic carbocycles. The number of thiophene rings is 1. The van der Waals surface area contributed by atoms with Crippen molar-refractivity contribution in [2.24, 2.45) is 5.92 Å². The molecule has 3 aromatic rings. The third-order valence-corrected chi connectivity index (χ3v) is 8.06. The van der Waals surface area contributed by atoms with E-state index in [1.165, 1.54) is 10.4 Å². The first-order valence-corrected chi connectivity index (χ1v) is 12.8. The topological polar surface area (TPSA) is 67.4 Å². The zero-order valence-electron chi connectivity index (χ0n) is 17.2. The monoisotopic (exact) mass is 574 g/mol. The van der Waals surface area contributed by atoms with Crippen molar-refractivity contribution in [2.45, 2.75) is 32.4 Å². The lowest BCUT2D eigenvalue weighted by Gasteiger charge is -2.28. The molecule has 1 amide bonds. The minimum atomic E-state index is -0.502. The van der Waals surface area contributed by atoms with Gasteiger partial charge in [-0.25, -0.2) is 4.79 Å². The normalized spacial score (nSPS) is 19.4. The molecule has 0 fully saturated rings. The third kappa shape index (κ3) is 4.11. The van der Waals surface area contributed by atoms with E-state index in [9.17, 15) is 9.59 Å². The maximum atomic E-state index is 13.1. The number of halogens is 2. The Morgan fingerprint density at radius 1 is 1.09 bits per heavy atom. The summed E-state index contributed by atoms with van der Waals surface area (Å²) in [5.74, 6) is 0.499. The van der Waals surface area contributed by atoms with Crippen LogP contribution in [0.15, 0.2) is 51.4 Å². The Balaban J connectivity index is 1.45. The number of carbonyl (C=O) groups excluding carboxylic acids is 2. The molecule has 5 nitrogen and oxygen atoms in total. The number of carbonyl (C=O) groups is 2. The number of nitrogens with one attached hydrogen (secondary N) is 2. The van der Waals surface area contributed by atoms with Gasteiger partial charge in [0, 0.05) is 19.4 Å². The summed E-state index contributed by atoms with van der Waals surface area (Å²) in [6.07, 6.45) is 2.56. The van der Waals surface area contributed by atoms with Crippen molar-refractivity contribution in [3.05, 3.63) is 78.5 Å². The fourth-order valence-electron chi connectivity index (χ4n) is 4.20. The SMILES string of the molecule is C[C@H]1CCc2c(sc3c2C(=O)N[C@H](c2cc(Br)ccc2OC(=O)c2ccc(Br)cc2)N3)C1. The Bertz CT molecular complexity index is 1220.